The van der Waals surface area contributed by atoms with Gasteiger partial charge in [-0.2, -0.15) is 0 Å². The standard InChI is InChI=1S/C2H6BBr2N/c1-6(2)3(4)5/h1-2H3/i1D,2D. The zero-order valence-electron chi connectivity index (χ0n) is 5.19. The molecule has 0 heterocycles. The lowest BCUT2D eigenvalue weighted by atomic mass is 10.4. The average Bonchev–Trinajstić information content (AvgIpc) is 1.69. The highest BCUT2D eigenvalue weighted by molar-refractivity contribution is 9.48. The van der Waals surface area contributed by atoms with Crippen LogP contribution in [0.25, 0.3) is 0 Å². The molecule has 0 spiro atoms. The summed E-state index contributed by atoms with van der Waals surface area (Å²) in [5.41, 5.74) is 0. The molecule has 0 amide bonds. The first-order chi connectivity index (χ1) is 3.72. The molecule has 0 aromatic rings. The zero-order valence-corrected chi connectivity index (χ0v) is 6.37. The zero-order chi connectivity index (χ0) is 6.57. The predicted octanol–water partition coefficient (Wildman–Crippen LogP) is 1.32. The fourth-order valence-corrected chi connectivity index (χ4v) is 0. The molecule has 0 aliphatic rings. The molecule has 0 atom stereocenters. The summed E-state index contributed by atoms with van der Waals surface area (Å²) >= 11 is 6.33. The van der Waals surface area contributed by atoms with Crippen LogP contribution >= 0.6 is 31.5 Å². The monoisotopic (exact) mass is 215 g/mol. The van der Waals surface area contributed by atoms with Gasteiger partial charge in [-0.05, 0) is 14.0 Å². The topological polar surface area (TPSA) is 3.24 Å². The van der Waals surface area contributed by atoms with Crippen LogP contribution in [-0.4, -0.2) is 23.4 Å². The minimum absolute atomic E-state index is 0.0370. The number of hydrogen-bond acceptors (Lipinski definition) is 1. The third kappa shape index (κ3) is 3.19. The molecule has 0 N–H and O–H groups in total. The second-order valence-electron chi connectivity index (χ2n) is 0.866. The highest BCUT2D eigenvalue weighted by Crippen LogP contribution is 2.02. The van der Waals surface area contributed by atoms with E-state index in [1.54, 1.807) is 4.81 Å². The first kappa shape index (κ1) is 3.92. The molecule has 0 saturated carbocycles. The number of hydrogen-bond donors (Lipinski definition) is 0. The van der Waals surface area contributed by atoms with Crippen LogP contribution < -0.4 is 0 Å². The Labute approximate surface area is 57.9 Å². The van der Waals surface area contributed by atoms with Crippen LogP contribution in [0.4, 0.5) is 0 Å². The van der Waals surface area contributed by atoms with E-state index >= 15 is 0 Å². The lowest BCUT2D eigenvalue weighted by Gasteiger charge is -2.04. The van der Waals surface area contributed by atoms with Crippen molar-refractivity contribution in [3.05, 3.63) is 0 Å². The normalized spacial score (nSPS) is 13.8. The summed E-state index contributed by atoms with van der Waals surface area (Å²) in [5, 5.41) is 0. The quantitative estimate of drug-likeness (QED) is 0.598. The molecule has 6 heavy (non-hydrogen) atoms. The molecule has 36 valence electrons. The Kier molecular flexibility index (Phi) is 1.99. The van der Waals surface area contributed by atoms with Crippen molar-refractivity contribution < 1.29 is 2.74 Å². The van der Waals surface area contributed by atoms with Gasteiger partial charge in [0.2, 0.25) is 0 Å². The van der Waals surface area contributed by atoms with Crippen LogP contribution in [0.1, 0.15) is 2.74 Å². The highest BCUT2D eigenvalue weighted by atomic mass is 79.9. The van der Waals surface area contributed by atoms with Gasteiger partial charge in [0, 0.05) is 2.74 Å². The van der Waals surface area contributed by atoms with E-state index in [0.29, 0.717) is 0 Å². The second-order valence-corrected chi connectivity index (χ2v) is 3.83. The van der Waals surface area contributed by atoms with Gasteiger partial charge in [0.1, 0.15) is 0 Å². The molecule has 0 radical (unpaired) electrons. The maximum Gasteiger partial charge on any atom is 0.378 e. The second kappa shape index (κ2) is 3.05. The Hall–Kier alpha value is 0.985. The summed E-state index contributed by atoms with van der Waals surface area (Å²) in [6, 6.07) is 0. The fraction of sp³-hybridized carbons (Fsp3) is 1.00. The molecule has 0 aromatic heterocycles. The number of nitrogens with zero attached hydrogens (tertiary/aromatic N) is 1. The number of halogens is 2. The van der Waals surface area contributed by atoms with E-state index < -0.39 is 0 Å². The van der Waals surface area contributed by atoms with Gasteiger partial charge in [-0.1, -0.05) is 0 Å². The maximum atomic E-state index is 6.84. The Morgan fingerprint density at radius 2 is 2.17 bits per heavy atom. The minimum atomic E-state index is -0.0370. The molecular weight excluding hydrogens is 209 g/mol. The van der Waals surface area contributed by atoms with Crippen molar-refractivity contribution in [1.82, 2.24) is 4.81 Å². The Balaban J connectivity index is 3.35. The van der Waals surface area contributed by atoms with Crippen molar-refractivity contribution in [2.75, 3.05) is 14.0 Å². The van der Waals surface area contributed by atoms with Crippen LogP contribution in [-0.2, 0) is 0 Å². The summed E-state index contributed by atoms with van der Waals surface area (Å²) < 4.78 is 13.6. The Morgan fingerprint density at radius 1 is 1.67 bits per heavy atom. The SMILES string of the molecule is [2H]CN(C[2H])B(Br)Br. The van der Waals surface area contributed by atoms with Crippen LogP contribution in [0, 0.1) is 0 Å². The van der Waals surface area contributed by atoms with Crippen LogP contribution in [0.3, 0.4) is 0 Å². The molecule has 4 heteroatoms. The van der Waals surface area contributed by atoms with E-state index in [2.05, 4.69) is 31.5 Å². The summed E-state index contributed by atoms with van der Waals surface area (Å²) in [6.07, 6.45) is 0. The predicted molar refractivity (Wildman–Crippen MR) is 37.3 cm³/mol. The molecular formula is C2H6BBr2N. The molecule has 0 unspecified atom stereocenters. The largest absolute Gasteiger partial charge is 0.378 e. The molecule has 0 aromatic carbocycles. The molecule has 0 saturated heterocycles. The van der Waals surface area contributed by atoms with E-state index in [-0.39, 0.29) is 18.5 Å². The molecule has 1 nitrogen and oxygen atoms in total. The van der Waals surface area contributed by atoms with Gasteiger partial charge in [0.05, 0.1) is 0 Å². The molecule has 0 fully saturated rings. The fourth-order valence-electron chi connectivity index (χ4n) is 0. The Bertz CT molecular complexity index is 60.0. The van der Waals surface area contributed by atoms with E-state index in [1.807, 2.05) is 0 Å². The molecule has 0 bridgehead atoms. The van der Waals surface area contributed by atoms with Crippen molar-refractivity contribution in [2.45, 2.75) is 0 Å². The van der Waals surface area contributed by atoms with E-state index in [0.717, 1.165) is 0 Å². The third-order valence-electron chi connectivity index (χ3n) is 0.276. The van der Waals surface area contributed by atoms with Gasteiger partial charge < -0.3 is 4.81 Å². The summed E-state index contributed by atoms with van der Waals surface area (Å²) in [4.78, 5) is 1.58. The third-order valence-corrected chi connectivity index (χ3v) is 1.43. The van der Waals surface area contributed by atoms with Crippen LogP contribution in [0.2, 0.25) is 0 Å². The first-order valence-corrected chi connectivity index (χ1v) is 3.16. The average molecular weight is 217 g/mol. The van der Waals surface area contributed by atoms with Crippen molar-refractivity contribution in [3.63, 3.8) is 0 Å². The van der Waals surface area contributed by atoms with E-state index in [1.165, 1.54) is 0 Å². The van der Waals surface area contributed by atoms with Crippen molar-refractivity contribution in [2.24, 2.45) is 0 Å². The van der Waals surface area contributed by atoms with E-state index in [4.69, 9.17) is 2.74 Å². The summed E-state index contributed by atoms with van der Waals surface area (Å²) in [6.45, 7) is 0. The maximum absolute atomic E-state index is 6.84. The molecule has 0 aliphatic carbocycles. The number of rotatable bonds is 1. The lowest BCUT2D eigenvalue weighted by molar-refractivity contribution is 0.672. The van der Waals surface area contributed by atoms with Gasteiger partial charge in [-0.25, -0.2) is 0 Å². The lowest BCUT2D eigenvalue weighted by Crippen LogP contribution is -2.19. The minimum Gasteiger partial charge on any atom is -0.328 e. The van der Waals surface area contributed by atoms with Crippen molar-refractivity contribution in [3.8, 4) is 0 Å². The van der Waals surface area contributed by atoms with Gasteiger partial charge in [-0.15, -0.1) is 31.5 Å². The summed E-state index contributed by atoms with van der Waals surface area (Å²) in [5.74, 6) is 0. The van der Waals surface area contributed by atoms with Crippen LogP contribution in [0.5, 0.6) is 0 Å². The molecule has 0 rings (SSSR count). The van der Waals surface area contributed by atoms with Gasteiger partial charge in [0.25, 0.3) is 0 Å². The van der Waals surface area contributed by atoms with Gasteiger partial charge in [-0.3, -0.25) is 0 Å². The van der Waals surface area contributed by atoms with Crippen molar-refractivity contribution >= 4 is 36.0 Å². The van der Waals surface area contributed by atoms with Gasteiger partial charge in [0.15, 0.2) is 0 Å². The van der Waals surface area contributed by atoms with Crippen LogP contribution in [0.15, 0.2) is 0 Å². The highest BCUT2D eigenvalue weighted by Gasteiger charge is 2.03. The van der Waals surface area contributed by atoms with Crippen molar-refractivity contribution in [1.29, 1.82) is 0 Å². The van der Waals surface area contributed by atoms with E-state index in [9.17, 15) is 0 Å². The smallest absolute Gasteiger partial charge is 0.328 e. The Morgan fingerprint density at radius 3 is 2.17 bits per heavy atom. The van der Waals surface area contributed by atoms with Gasteiger partial charge >= 0.3 is 4.50 Å². The first-order valence-electron chi connectivity index (χ1n) is 2.74. The molecule has 0 aliphatic heterocycles. The summed E-state index contributed by atoms with van der Waals surface area (Å²) in [7, 11) is 0.287.